The molecule has 2 amide bonds. The van der Waals surface area contributed by atoms with Gasteiger partial charge in [-0.2, -0.15) is 5.10 Å². The van der Waals surface area contributed by atoms with Crippen LogP contribution in [0.15, 0.2) is 42.6 Å². The van der Waals surface area contributed by atoms with E-state index in [0.29, 0.717) is 29.9 Å². The minimum Gasteiger partial charge on any atom is -0.497 e. The molecule has 2 aromatic heterocycles. The zero-order valence-corrected chi connectivity index (χ0v) is 20.3. The van der Waals surface area contributed by atoms with Gasteiger partial charge in [0.05, 0.1) is 30.8 Å². The van der Waals surface area contributed by atoms with Crippen molar-refractivity contribution in [3.63, 3.8) is 0 Å². The van der Waals surface area contributed by atoms with Crippen LogP contribution in [-0.4, -0.2) is 57.8 Å². The largest absolute Gasteiger partial charge is 0.497 e. The van der Waals surface area contributed by atoms with Crippen LogP contribution in [0.1, 0.15) is 44.1 Å². The first-order chi connectivity index (χ1) is 16.5. The van der Waals surface area contributed by atoms with Gasteiger partial charge in [-0.1, -0.05) is 31.4 Å². The third kappa shape index (κ3) is 4.69. The molecule has 8 nitrogen and oxygen atoms in total. The summed E-state index contributed by atoms with van der Waals surface area (Å²) in [5.74, 6) is 0.461. The van der Waals surface area contributed by atoms with E-state index in [2.05, 4.69) is 20.5 Å². The van der Waals surface area contributed by atoms with Crippen LogP contribution in [0.25, 0.3) is 11.0 Å². The van der Waals surface area contributed by atoms with Crippen molar-refractivity contribution in [1.82, 2.24) is 20.1 Å². The molecule has 3 heterocycles. The van der Waals surface area contributed by atoms with Crippen molar-refractivity contribution in [2.24, 2.45) is 0 Å². The number of hydrogen-bond donors (Lipinski definition) is 2. The topological polar surface area (TPSA) is 100 Å². The second-order valence-electron chi connectivity index (χ2n) is 9.17. The first kappa shape index (κ1) is 24.9. The molecule has 1 saturated heterocycles. The standard InChI is InChI=1S/C25H28FN5O3.ClH/c1-34-18-7-5-16(6-8-18)25(11-3-2-4-12-25)24(33)31-15-17(26)13-21(31)23(32)29-22-10-9-19-20(28-22)14-27-30-19;/h5-10,14,17,21H,2-4,11-13,15H2,1H3,(H,27,30)(H,28,29,32);1H/t17-,21-;/m1./s1. The molecule has 1 saturated carbocycles. The number of carbonyl (C=O) groups excluding carboxylic acids is 2. The van der Waals surface area contributed by atoms with Gasteiger partial charge in [-0.3, -0.25) is 14.7 Å². The molecule has 0 unspecified atom stereocenters. The maximum absolute atomic E-state index is 14.6. The lowest BCUT2D eigenvalue weighted by Gasteiger charge is -2.40. The Labute approximate surface area is 209 Å². The number of hydrogen-bond acceptors (Lipinski definition) is 5. The van der Waals surface area contributed by atoms with E-state index in [0.717, 1.165) is 30.3 Å². The smallest absolute Gasteiger partial charge is 0.248 e. The Morgan fingerprint density at radius 3 is 2.60 bits per heavy atom. The fourth-order valence-electron chi connectivity index (χ4n) is 5.33. The van der Waals surface area contributed by atoms with Crippen LogP contribution in [0.4, 0.5) is 10.2 Å². The normalized spacial score (nSPS) is 21.4. The number of nitrogens with one attached hydrogen (secondary N) is 2. The minimum atomic E-state index is -1.25. The van der Waals surface area contributed by atoms with E-state index in [-0.39, 0.29) is 31.3 Å². The van der Waals surface area contributed by atoms with Crippen LogP contribution in [0.2, 0.25) is 0 Å². The van der Waals surface area contributed by atoms with Crippen molar-refractivity contribution in [3.8, 4) is 5.75 Å². The van der Waals surface area contributed by atoms with Crippen LogP contribution >= 0.6 is 12.4 Å². The number of carbonyl (C=O) groups is 2. The van der Waals surface area contributed by atoms with E-state index in [4.69, 9.17) is 4.74 Å². The molecule has 1 aliphatic heterocycles. The van der Waals surface area contributed by atoms with Gasteiger partial charge in [0.2, 0.25) is 11.8 Å². The molecule has 35 heavy (non-hydrogen) atoms. The number of alkyl halides is 1. The van der Waals surface area contributed by atoms with Crippen molar-refractivity contribution < 1.29 is 18.7 Å². The summed E-state index contributed by atoms with van der Waals surface area (Å²) in [5.41, 5.74) is 1.49. The van der Waals surface area contributed by atoms with Gasteiger partial charge in [-0.15, -0.1) is 12.4 Å². The number of methoxy groups -OCH3 is 1. The lowest BCUT2D eigenvalue weighted by molar-refractivity contribution is -0.143. The van der Waals surface area contributed by atoms with Crippen LogP contribution in [-0.2, 0) is 15.0 Å². The highest BCUT2D eigenvalue weighted by atomic mass is 35.5. The number of nitrogens with zero attached hydrogens (tertiary/aromatic N) is 3. The third-order valence-corrected chi connectivity index (χ3v) is 7.12. The maximum atomic E-state index is 14.6. The number of H-pyrrole nitrogens is 1. The summed E-state index contributed by atoms with van der Waals surface area (Å²) in [6.07, 6.45) is 4.53. The summed E-state index contributed by atoms with van der Waals surface area (Å²) in [6, 6.07) is 10.1. The predicted molar refractivity (Wildman–Crippen MR) is 133 cm³/mol. The molecule has 1 aromatic carbocycles. The second-order valence-corrected chi connectivity index (χ2v) is 9.17. The third-order valence-electron chi connectivity index (χ3n) is 7.12. The molecule has 3 aromatic rings. The Morgan fingerprint density at radius 2 is 1.89 bits per heavy atom. The SMILES string of the molecule is COc1ccc(C2(C(=O)N3C[C@H](F)C[C@@H]3C(=O)Nc3ccc4[nH]ncc4n3)CCCCC2)cc1.Cl. The van der Waals surface area contributed by atoms with Gasteiger partial charge in [-0.25, -0.2) is 9.37 Å². The van der Waals surface area contributed by atoms with Crippen molar-refractivity contribution in [1.29, 1.82) is 0 Å². The zero-order chi connectivity index (χ0) is 23.7. The Hall–Kier alpha value is -3.20. The number of fused-ring (bicyclic) bond motifs is 1. The van der Waals surface area contributed by atoms with E-state index in [9.17, 15) is 14.0 Å². The first-order valence-corrected chi connectivity index (χ1v) is 11.7. The van der Waals surface area contributed by atoms with E-state index >= 15 is 0 Å². The lowest BCUT2D eigenvalue weighted by atomic mass is 9.68. The maximum Gasteiger partial charge on any atom is 0.248 e. The van der Waals surface area contributed by atoms with Crippen molar-refractivity contribution >= 4 is 41.1 Å². The fourth-order valence-corrected chi connectivity index (χ4v) is 5.33. The molecule has 2 fully saturated rings. The number of pyridine rings is 1. The number of anilines is 1. The molecule has 2 atom stereocenters. The average Bonchev–Trinajstić information content (AvgIpc) is 3.50. The Kier molecular flexibility index (Phi) is 7.25. The number of halogens is 2. The van der Waals surface area contributed by atoms with Gasteiger partial charge in [0, 0.05) is 6.42 Å². The second kappa shape index (κ2) is 10.2. The molecule has 2 aliphatic rings. The summed E-state index contributed by atoms with van der Waals surface area (Å²) in [6.45, 7) is -0.0803. The number of benzene rings is 1. The van der Waals surface area contributed by atoms with Gasteiger partial charge >= 0.3 is 0 Å². The lowest BCUT2D eigenvalue weighted by Crippen LogP contribution is -2.52. The Bertz CT molecular complexity index is 1200. The highest BCUT2D eigenvalue weighted by Crippen LogP contribution is 2.43. The molecular weight excluding hydrogens is 473 g/mol. The summed E-state index contributed by atoms with van der Waals surface area (Å²) in [4.78, 5) is 33.1. The number of ether oxygens (including phenoxy) is 1. The first-order valence-electron chi connectivity index (χ1n) is 11.7. The molecule has 186 valence electrons. The van der Waals surface area contributed by atoms with Gasteiger partial charge in [0.1, 0.15) is 29.3 Å². The van der Waals surface area contributed by atoms with Crippen molar-refractivity contribution in [3.05, 3.63) is 48.2 Å². The van der Waals surface area contributed by atoms with Gasteiger partial charge in [0.25, 0.3) is 0 Å². The summed E-state index contributed by atoms with van der Waals surface area (Å²) < 4.78 is 19.9. The number of aromatic nitrogens is 3. The highest BCUT2D eigenvalue weighted by molar-refractivity contribution is 5.99. The average molecular weight is 502 g/mol. The van der Waals surface area contributed by atoms with E-state index in [1.807, 2.05) is 24.3 Å². The van der Waals surface area contributed by atoms with Gasteiger partial charge in [0.15, 0.2) is 0 Å². The molecule has 0 spiro atoms. The van der Waals surface area contributed by atoms with Crippen molar-refractivity contribution in [2.75, 3.05) is 19.0 Å². The predicted octanol–water partition coefficient (Wildman–Crippen LogP) is 4.17. The van der Waals surface area contributed by atoms with Crippen LogP contribution in [0, 0.1) is 0 Å². The molecule has 5 rings (SSSR count). The monoisotopic (exact) mass is 501 g/mol. The molecule has 0 radical (unpaired) electrons. The molecular formula is C25H29ClFN5O3. The molecule has 10 heteroatoms. The number of aromatic amines is 1. The molecule has 2 N–H and O–H groups in total. The van der Waals surface area contributed by atoms with Crippen LogP contribution in [0.5, 0.6) is 5.75 Å². The van der Waals surface area contributed by atoms with Gasteiger partial charge < -0.3 is 15.0 Å². The Morgan fingerprint density at radius 1 is 1.14 bits per heavy atom. The fraction of sp³-hybridized carbons (Fsp3) is 0.440. The minimum absolute atomic E-state index is 0. The van der Waals surface area contributed by atoms with E-state index in [1.54, 1.807) is 25.4 Å². The van der Waals surface area contributed by atoms with Crippen molar-refractivity contribution in [2.45, 2.75) is 56.2 Å². The summed E-state index contributed by atoms with van der Waals surface area (Å²) in [7, 11) is 1.60. The highest BCUT2D eigenvalue weighted by Gasteiger charge is 2.49. The molecule has 0 bridgehead atoms. The van der Waals surface area contributed by atoms with E-state index < -0.39 is 23.5 Å². The Balaban J connectivity index is 0.00000289. The zero-order valence-electron chi connectivity index (χ0n) is 19.5. The van der Waals surface area contributed by atoms with Crippen LogP contribution in [0.3, 0.4) is 0 Å². The van der Waals surface area contributed by atoms with Crippen LogP contribution < -0.4 is 10.1 Å². The quantitative estimate of drug-likeness (QED) is 0.546. The summed E-state index contributed by atoms with van der Waals surface area (Å²) in [5, 5.41) is 9.52. The molecule has 1 aliphatic carbocycles. The van der Waals surface area contributed by atoms with E-state index in [1.165, 1.54) is 4.90 Å². The van der Waals surface area contributed by atoms with Gasteiger partial charge in [-0.05, 0) is 42.7 Å². The number of amides is 2. The number of rotatable bonds is 5. The summed E-state index contributed by atoms with van der Waals surface area (Å²) >= 11 is 0. The number of likely N-dealkylation sites (tertiary alicyclic amines) is 1.